The van der Waals surface area contributed by atoms with E-state index < -0.39 is 5.97 Å². The third-order valence-electron chi connectivity index (χ3n) is 1.85. The zero-order valence-corrected chi connectivity index (χ0v) is 8.61. The first kappa shape index (κ1) is 11.2. The van der Waals surface area contributed by atoms with Crippen molar-refractivity contribution in [1.29, 1.82) is 0 Å². The Kier molecular flexibility index (Phi) is 3.79. The van der Waals surface area contributed by atoms with Gasteiger partial charge in [0.15, 0.2) is 0 Å². The lowest BCUT2D eigenvalue weighted by Crippen LogP contribution is -2.31. The van der Waals surface area contributed by atoms with Crippen LogP contribution in [0.15, 0.2) is 18.3 Å². The van der Waals surface area contributed by atoms with E-state index in [4.69, 9.17) is 0 Å². The molecule has 1 heterocycles. The van der Waals surface area contributed by atoms with Crippen LogP contribution in [0.5, 0.6) is 0 Å². The molecule has 0 spiro atoms. The van der Waals surface area contributed by atoms with Crippen molar-refractivity contribution in [1.82, 2.24) is 10.3 Å². The molecule has 15 heavy (non-hydrogen) atoms. The molecule has 0 aliphatic carbocycles. The van der Waals surface area contributed by atoms with E-state index in [0.717, 1.165) is 5.56 Å². The molecule has 5 nitrogen and oxygen atoms in total. The van der Waals surface area contributed by atoms with Gasteiger partial charge in [-0.2, -0.15) is 0 Å². The van der Waals surface area contributed by atoms with Crippen LogP contribution in [0.3, 0.4) is 0 Å². The fourth-order valence-corrected chi connectivity index (χ4v) is 1.03. The van der Waals surface area contributed by atoms with E-state index >= 15 is 0 Å². The lowest BCUT2D eigenvalue weighted by atomic mass is 10.2. The van der Waals surface area contributed by atoms with Crippen LogP contribution in [0.2, 0.25) is 0 Å². The highest BCUT2D eigenvalue weighted by molar-refractivity contribution is 5.95. The molecule has 0 saturated heterocycles. The smallest absolute Gasteiger partial charge is 0.325 e. The second-order valence-electron chi connectivity index (χ2n) is 2.93. The highest BCUT2D eigenvalue weighted by atomic mass is 16.5. The summed E-state index contributed by atoms with van der Waals surface area (Å²) in [6, 6.07) is 3.52. The monoisotopic (exact) mass is 208 g/mol. The first-order chi connectivity index (χ1) is 7.15. The summed E-state index contributed by atoms with van der Waals surface area (Å²) in [5, 5.41) is 2.41. The van der Waals surface area contributed by atoms with E-state index in [9.17, 15) is 9.59 Å². The van der Waals surface area contributed by atoms with E-state index in [1.165, 1.54) is 13.3 Å². The standard InChI is InChI=1S/C10H12N2O3/c1-7-4-3-5-11-9(7)10(14)12-6-8(13)15-2/h3-5H,6H2,1-2H3,(H,12,14). The van der Waals surface area contributed by atoms with E-state index in [2.05, 4.69) is 15.0 Å². The molecule has 0 radical (unpaired) electrons. The Bertz CT molecular complexity index is 377. The second kappa shape index (κ2) is 5.09. The van der Waals surface area contributed by atoms with Crippen LogP contribution in [-0.4, -0.2) is 30.5 Å². The molecule has 1 amide bonds. The number of carbonyl (C=O) groups is 2. The number of nitrogens with one attached hydrogen (secondary N) is 1. The highest BCUT2D eigenvalue weighted by Crippen LogP contribution is 2.02. The first-order valence-corrected chi connectivity index (χ1v) is 4.41. The summed E-state index contributed by atoms with van der Waals surface area (Å²) < 4.78 is 4.39. The Labute approximate surface area is 87.5 Å². The van der Waals surface area contributed by atoms with E-state index in [-0.39, 0.29) is 12.5 Å². The molecule has 5 heteroatoms. The van der Waals surface area contributed by atoms with Crippen LogP contribution in [0.4, 0.5) is 0 Å². The van der Waals surface area contributed by atoms with Crippen molar-refractivity contribution in [2.45, 2.75) is 6.92 Å². The van der Waals surface area contributed by atoms with Gasteiger partial charge >= 0.3 is 5.97 Å². The molecule has 0 aliphatic heterocycles. The Morgan fingerprint density at radius 1 is 1.53 bits per heavy atom. The maximum Gasteiger partial charge on any atom is 0.325 e. The van der Waals surface area contributed by atoms with Gasteiger partial charge < -0.3 is 10.1 Å². The fraction of sp³-hybridized carbons (Fsp3) is 0.300. The summed E-state index contributed by atoms with van der Waals surface area (Å²) in [7, 11) is 1.26. The Morgan fingerprint density at radius 3 is 2.87 bits per heavy atom. The molecule has 0 aromatic carbocycles. The van der Waals surface area contributed by atoms with Crippen LogP contribution in [0.25, 0.3) is 0 Å². The summed E-state index contributed by atoms with van der Waals surface area (Å²) in [5.41, 5.74) is 1.08. The molecular weight excluding hydrogens is 196 g/mol. The third kappa shape index (κ3) is 3.05. The van der Waals surface area contributed by atoms with Crippen LogP contribution in [0, 0.1) is 6.92 Å². The quantitative estimate of drug-likeness (QED) is 0.725. The average Bonchev–Trinajstić information content (AvgIpc) is 2.26. The van der Waals surface area contributed by atoms with Gasteiger partial charge in [-0.25, -0.2) is 0 Å². The molecule has 1 aromatic rings. The van der Waals surface area contributed by atoms with E-state index in [1.54, 1.807) is 19.1 Å². The number of esters is 1. The molecule has 0 fully saturated rings. The predicted molar refractivity (Wildman–Crippen MR) is 53.3 cm³/mol. The fourth-order valence-electron chi connectivity index (χ4n) is 1.03. The van der Waals surface area contributed by atoms with Crippen molar-refractivity contribution in [3.05, 3.63) is 29.6 Å². The van der Waals surface area contributed by atoms with Crippen LogP contribution >= 0.6 is 0 Å². The van der Waals surface area contributed by atoms with Gasteiger partial charge in [-0.1, -0.05) is 6.07 Å². The van der Waals surface area contributed by atoms with Gasteiger partial charge in [0.1, 0.15) is 12.2 Å². The van der Waals surface area contributed by atoms with Gasteiger partial charge in [0.05, 0.1) is 7.11 Å². The van der Waals surface area contributed by atoms with Gasteiger partial charge in [0.2, 0.25) is 0 Å². The number of methoxy groups -OCH3 is 1. The Hall–Kier alpha value is -1.91. The molecule has 80 valence electrons. The minimum atomic E-state index is -0.489. The minimum Gasteiger partial charge on any atom is -0.468 e. The Morgan fingerprint density at radius 2 is 2.27 bits per heavy atom. The summed E-state index contributed by atoms with van der Waals surface area (Å²) in [4.78, 5) is 26.2. The summed E-state index contributed by atoms with van der Waals surface area (Å²) in [6.07, 6.45) is 1.53. The normalized spacial score (nSPS) is 9.47. The van der Waals surface area contributed by atoms with Gasteiger partial charge in [0.25, 0.3) is 5.91 Å². The zero-order valence-electron chi connectivity index (χ0n) is 8.61. The van der Waals surface area contributed by atoms with Crippen molar-refractivity contribution >= 4 is 11.9 Å². The van der Waals surface area contributed by atoms with Crippen molar-refractivity contribution < 1.29 is 14.3 Å². The molecule has 0 saturated carbocycles. The van der Waals surface area contributed by atoms with Crippen molar-refractivity contribution in [2.24, 2.45) is 0 Å². The summed E-state index contributed by atoms with van der Waals surface area (Å²) >= 11 is 0. The topological polar surface area (TPSA) is 68.3 Å². The number of aromatic nitrogens is 1. The maximum absolute atomic E-state index is 11.5. The molecule has 1 aromatic heterocycles. The number of ether oxygens (including phenoxy) is 1. The number of hydrogen-bond donors (Lipinski definition) is 1. The molecule has 0 atom stereocenters. The zero-order chi connectivity index (χ0) is 11.3. The number of nitrogens with zero attached hydrogens (tertiary/aromatic N) is 1. The van der Waals surface area contributed by atoms with Crippen LogP contribution in [-0.2, 0) is 9.53 Å². The molecule has 1 N–H and O–H groups in total. The molecule has 0 bridgehead atoms. The number of hydrogen-bond acceptors (Lipinski definition) is 4. The molecular formula is C10H12N2O3. The minimum absolute atomic E-state index is 0.147. The molecule has 1 rings (SSSR count). The summed E-state index contributed by atoms with van der Waals surface area (Å²) in [5.74, 6) is -0.865. The van der Waals surface area contributed by atoms with Crippen molar-refractivity contribution in [3.63, 3.8) is 0 Å². The third-order valence-corrected chi connectivity index (χ3v) is 1.85. The van der Waals surface area contributed by atoms with Gasteiger partial charge in [-0.05, 0) is 18.6 Å². The lowest BCUT2D eigenvalue weighted by Gasteiger charge is -2.04. The van der Waals surface area contributed by atoms with Crippen molar-refractivity contribution in [3.8, 4) is 0 Å². The predicted octanol–water partition coefficient (Wildman–Crippen LogP) is 0.293. The highest BCUT2D eigenvalue weighted by Gasteiger charge is 2.10. The maximum atomic E-state index is 11.5. The van der Waals surface area contributed by atoms with Gasteiger partial charge in [-0.15, -0.1) is 0 Å². The molecule has 0 aliphatic rings. The van der Waals surface area contributed by atoms with Crippen LogP contribution in [0.1, 0.15) is 16.1 Å². The number of pyridine rings is 1. The lowest BCUT2D eigenvalue weighted by molar-refractivity contribution is -0.139. The first-order valence-electron chi connectivity index (χ1n) is 4.41. The van der Waals surface area contributed by atoms with Crippen LogP contribution < -0.4 is 5.32 Å². The number of aryl methyl sites for hydroxylation is 1. The van der Waals surface area contributed by atoms with Gasteiger partial charge in [-0.3, -0.25) is 14.6 Å². The average molecular weight is 208 g/mol. The number of rotatable bonds is 3. The SMILES string of the molecule is COC(=O)CNC(=O)c1ncccc1C. The summed E-state index contributed by atoms with van der Waals surface area (Å²) in [6.45, 7) is 1.63. The number of carbonyl (C=O) groups excluding carboxylic acids is 2. The number of amides is 1. The van der Waals surface area contributed by atoms with E-state index in [0.29, 0.717) is 5.69 Å². The Balaban J connectivity index is 2.62. The molecule has 0 unspecified atom stereocenters. The van der Waals surface area contributed by atoms with Gasteiger partial charge in [0, 0.05) is 6.20 Å². The second-order valence-corrected chi connectivity index (χ2v) is 2.93. The van der Waals surface area contributed by atoms with Crippen molar-refractivity contribution in [2.75, 3.05) is 13.7 Å². The largest absolute Gasteiger partial charge is 0.468 e. The van der Waals surface area contributed by atoms with E-state index in [1.807, 2.05) is 0 Å².